The van der Waals surface area contributed by atoms with Gasteiger partial charge in [0.1, 0.15) is 0 Å². The van der Waals surface area contributed by atoms with E-state index in [1.54, 1.807) is 0 Å². The van der Waals surface area contributed by atoms with E-state index in [2.05, 4.69) is 18.4 Å². The Morgan fingerprint density at radius 3 is 3.00 bits per heavy atom. The zero-order valence-corrected chi connectivity index (χ0v) is 7.55. The highest BCUT2D eigenvalue weighted by molar-refractivity contribution is 4.77. The maximum absolute atomic E-state index is 3.73. The molecule has 11 heavy (non-hydrogen) atoms. The molecule has 0 aromatic heterocycles. The van der Waals surface area contributed by atoms with Crippen molar-refractivity contribution in [1.29, 1.82) is 0 Å². The molecule has 1 aliphatic rings. The van der Waals surface area contributed by atoms with Crippen molar-refractivity contribution in [2.75, 3.05) is 19.6 Å². The molecule has 0 N–H and O–H groups in total. The predicted molar refractivity (Wildman–Crippen MR) is 49.7 cm³/mol. The monoisotopic (exact) mass is 153 g/mol. The number of nitrogens with zero attached hydrogens (tertiary/aromatic N) is 1. The topological polar surface area (TPSA) is 3.24 Å². The first-order chi connectivity index (χ1) is 5.36. The van der Waals surface area contributed by atoms with Crippen molar-refractivity contribution in [1.82, 2.24) is 4.90 Å². The molecule has 0 bridgehead atoms. The number of likely N-dealkylation sites (tertiary alicyclic amines) is 1. The SMILES string of the molecule is C=CCCN1CC[C@H](CC)C1. The van der Waals surface area contributed by atoms with E-state index in [4.69, 9.17) is 0 Å². The van der Waals surface area contributed by atoms with Crippen LogP contribution >= 0.6 is 0 Å². The molecule has 1 saturated heterocycles. The fraction of sp³-hybridized carbons (Fsp3) is 0.800. The van der Waals surface area contributed by atoms with E-state index in [1.165, 1.54) is 32.5 Å². The fourth-order valence-corrected chi connectivity index (χ4v) is 1.72. The molecular weight excluding hydrogens is 134 g/mol. The second-order valence-electron chi connectivity index (χ2n) is 3.44. The number of hydrogen-bond acceptors (Lipinski definition) is 1. The minimum Gasteiger partial charge on any atom is -0.303 e. The normalized spacial score (nSPS) is 25.7. The zero-order chi connectivity index (χ0) is 8.10. The summed E-state index contributed by atoms with van der Waals surface area (Å²) in [5.41, 5.74) is 0. The van der Waals surface area contributed by atoms with E-state index in [1.807, 2.05) is 6.08 Å². The van der Waals surface area contributed by atoms with E-state index in [0.29, 0.717) is 0 Å². The van der Waals surface area contributed by atoms with Crippen molar-refractivity contribution < 1.29 is 0 Å². The van der Waals surface area contributed by atoms with Crippen LogP contribution in [-0.4, -0.2) is 24.5 Å². The summed E-state index contributed by atoms with van der Waals surface area (Å²) in [4.78, 5) is 2.55. The first-order valence-corrected chi connectivity index (χ1v) is 4.70. The Kier molecular flexibility index (Phi) is 3.64. The maximum atomic E-state index is 3.73. The van der Waals surface area contributed by atoms with Crippen LogP contribution in [0.25, 0.3) is 0 Å². The van der Waals surface area contributed by atoms with Crippen molar-refractivity contribution in [3.63, 3.8) is 0 Å². The smallest absolute Gasteiger partial charge is 0.00159 e. The molecule has 0 saturated carbocycles. The van der Waals surface area contributed by atoms with Gasteiger partial charge in [-0.2, -0.15) is 0 Å². The Hall–Kier alpha value is -0.300. The molecule has 1 heteroatoms. The standard InChI is InChI=1S/C10H19N/c1-3-5-7-11-8-6-10(4-2)9-11/h3,10H,1,4-9H2,2H3/t10-/m0/s1. The van der Waals surface area contributed by atoms with Gasteiger partial charge < -0.3 is 4.90 Å². The highest BCUT2D eigenvalue weighted by atomic mass is 15.1. The van der Waals surface area contributed by atoms with Gasteiger partial charge in [-0.25, -0.2) is 0 Å². The molecule has 0 aromatic rings. The molecule has 1 atom stereocenters. The fourth-order valence-electron chi connectivity index (χ4n) is 1.72. The van der Waals surface area contributed by atoms with Crippen LogP contribution in [0.2, 0.25) is 0 Å². The van der Waals surface area contributed by atoms with Crippen LogP contribution in [0, 0.1) is 5.92 Å². The first-order valence-electron chi connectivity index (χ1n) is 4.70. The Morgan fingerprint density at radius 1 is 1.64 bits per heavy atom. The van der Waals surface area contributed by atoms with Gasteiger partial charge in [0, 0.05) is 13.1 Å². The van der Waals surface area contributed by atoms with Crippen LogP contribution in [0.5, 0.6) is 0 Å². The average Bonchev–Trinajstić information content (AvgIpc) is 2.48. The molecule has 0 unspecified atom stereocenters. The molecule has 1 nitrogen and oxygen atoms in total. The highest BCUT2D eigenvalue weighted by Gasteiger charge is 2.19. The summed E-state index contributed by atoms with van der Waals surface area (Å²) in [6.45, 7) is 9.89. The summed E-state index contributed by atoms with van der Waals surface area (Å²) in [5, 5.41) is 0. The van der Waals surface area contributed by atoms with Crippen molar-refractivity contribution in [3.05, 3.63) is 12.7 Å². The van der Waals surface area contributed by atoms with Crippen molar-refractivity contribution >= 4 is 0 Å². The molecule has 1 rings (SSSR count). The van der Waals surface area contributed by atoms with E-state index < -0.39 is 0 Å². The highest BCUT2D eigenvalue weighted by Crippen LogP contribution is 2.18. The molecule has 0 aromatic carbocycles. The molecule has 0 spiro atoms. The third-order valence-corrected chi connectivity index (χ3v) is 2.60. The predicted octanol–water partition coefficient (Wildman–Crippen LogP) is 2.29. The van der Waals surface area contributed by atoms with E-state index in [0.717, 1.165) is 12.3 Å². The van der Waals surface area contributed by atoms with Crippen molar-refractivity contribution in [3.8, 4) is 0 Å². The summed E-state index contributed by atoms with van der Waals surface area (Å²) in [6, 6.07) is 0. The summed E-state index contributed by atoms with van der Waals surface area (Å²) in [6.07, 6.45) is 5.92. The van der Waals surface area contributed by atoms with E-state index in [-0.39, 0.29) is 0 Å². The molecule has 0 amide bonds. The van der Waals surface area contributed by atoms with Gasteiger partial charge in [0.05, 0.1) is 0 Å². The van der Waals surface area contributed by atoms with E-state index in [9.17, 15) is 0 Å². The maximum Gasteiger partial charge on any atom is 0.00159 e. The van der Waals surface area contributed by atoms with Crippen LogP contribution in [0.4, 0.5) is 0 Å². The van der Waals surface area contributed by atoms with Crippen molar-refractivity contribution in [2.24, 2.45) is 5.92 Å². The van der Waals surface area contributed by atoms with Gasteiger partial charge in [-0.05, 0) is 25.3 Å². The first kappa shape index (κ1) is 8.79. The van der Waals surface area contributed by atoms with Crippen LogP contribution in [-0.2, 0) is 0 Å². The molecule has 64 valence electrons. The van der Waals surface area contributed by atoms with Gasteiger partial charge in [0.15, 0.2) is 0 Å². The van der Waals surface area contributed by atoms with E-state index >= 15 is 0 Å². The Morgan fingerprint density at radius 2 is 2.45 bits per heavy atom. The zero-order valence-electron chi connectivity index (χ0n) is 7.55. The number of rotatable bonds is 4. The van der Waals surface area contributed by atoms with Gasteiger partial charge in [0.25, 0.3) is 0 Å². The van der Waals surface area contributed by atoms with Crippen LogP contribution < -0.4 is 0 Å². The lowest BCUT2D eigenvalue weighted by molar-refractivity contribution is 0.329. The Balaban J connectivity index is 2.13. The minimum atomic E-state index is 0.972. The van der Waals surface area contributed by atoms with Gasteiger partial charge >= 0.3 is 0 Å². The van der Waals surface area contributed by atoms with Crippen molar-refractivity contribution in [2.45, 2.75) is 26.2 Å². The Labute approximate surface area is 70.1 Å². The van der Waals surface area contributed by atoms with Crippen LogP contribution in [0.15, 0.2) is 12.7 Å². The third-order valence-electron chi connectivity index (χ3n) is 2.60. The molecule has 1 heterocycles. The molecule has 0 aliphatic carbocycles. The van der Waals surface area contributed by atoms with Gasteiger partial charge in [0.2, 0.25) is 0 Å². The van der Waals surface area contributed by atoms with Gasteiger partial charge in [-0.3, -0.25) is 0 Å². The molecule has 0 radical (unpaired) electrons. The average molecular weight is 153 g/mol. The second-order valence-corrected chi connectivity index (χ2v) is 3.44. The lowest BCUT2D eigenvalue weighted by atomic mass is 10.1. The summed E-state index contributed by atoms with van der Waals surface area (Å²) < 4.78 is 0. The molecule has 1 fully saturated rings. The third kappa shape index (κ3) is 2.66. The largest absolute Gasteiger partial charge is 0.303 e. The number of hydrogen-bond donors (Lipinski definition) is 0. The lowest BCUT2D eigenvalue weighted by Crippen LogP contribution is -2.21. The lowest BCUT2D eigenvalue weighted by Gasteiger charge is -2.13. The second kappa shape index (κ2) is 4.55. The summed E-state index contributed by atoms with van der Waals surface area (Å²) in [5.74, 6) is 0.972. The molecule has 1 aliphatic heterocycles. The Bertz CT molecular complexity index is 120. The molecular formula is C10H19N. The van der Waals surface area contributed by atoms with Crippen LogP contribution in [0.3, 0.4) is 0 Å². The quantitative estimate of drug-likeness (QED) is 0.560. The summed E-state index contributed by atoms with van der Waals surface area (Å²) in [7, 11) is 0. The van der Waals surface area contributed by atoms with Gasteiger partial charge in [-0.1, -0.05) is 19.4 Å². The minimum absolute atomic E-state index is 0.972. The van der Waals surface area contributed by atoms with Gasteiger partial charge in [-0.15, -0.1) is 6.58 Å². The van der Waals surface area contributed by atoms with Crippen LogP contribution in [0.1, 0.15) is 26.2 Å². The summed E-state index contributed by atoms with van der Waals surface area (Å²) >= 11 is 0.